The molecule has 0 aliphatic carbocycles. The van der Waals surface area contributed by atoms with Crippen molar-refractivity contribution < 1.29 is 23.6 Å². The van der Waals surface area contributed by atoms with E-state index in [0.717, 1.165) is 12.1 Å². The first-order valence-electron chi connectivity index (χ1n) is 11.2. The first kappa shape index (κ1) is 23.4. The minimum atomic E-state index is -3.78. The van der Waals surface area contributed by atoms with Gasteiger partial charge in [-0.25, -0.2) is 13.6 Å². The number of rotatable bonds is 5. The largest absolute Gasteiger partial charge is 0.595 e. The smallest absolute Gasteiger partial charge is 0.261 e. The molecule has 3 aromatic rings. The lowest BCUT2D eigenvalue weighted by molar-refractivity contribution is -0.991. The summed E-state index contributed by atoms with van der Waals surface area (Å²) >= 11 is 0. The zero-order chi connectivity index (χ0) is 24.7. The maximum atomic E-state index is 13.4. The van der Waals surface area contributed by atoms with Crippen LogP contribution in [0.3, 0.4) is 0 Å². The number of hydrogen-bond donors (Lipinski definition) is 3. The fourth-order valence-corrected chi connectivity index (χ4v) is 6.54. The lowest BCUT2D eigenvalue weighted by Crippen LogP contribution is -2.99. The van der Waals surface area contributed by atoms with Crippen molar-refractivity contribution in [2.75, 3.05) is 18.4 Å². The first-order valence-corrected chi connectivity index (χ1v) is 12.6. The van der Waals surface area contributed by atoms with Gasteiger partial charge in [-0.1, -0.05) is 18.2 Å². The second kappa shape index (κ2) is 9.02. The van der Waals surface area contributed by atoms with Gasteiger partial charge in [-0.2, -0.15) is 9.53 Å². The van der Waals surface area contributed by atoms with E-state index >= 15 is 0 Å². The van der Waals surface area contributed by atoms with Crippen LogP contribution in [0, 0.1) is 11.1 Å². The third-order valence-electron chi connectivity index (χ3n) is 6.60. The van der Waals surface area contributed by atoms with Crippen molar-refractivity contribution >= 4 is 27.3 Å². The highest BCUT2D eigenvalue weighted by atomic mass is 32.2. The van der Waals surface area contributed by atoms with E-state index in [4.69, 9.17) is 0 Å². The number of para-hydroxylation sites is 1. The SMILES string of the molecule is O=C(Nc1ccc(S(=O)(=O)N2C[C@H]3C[C@H](C2)c2cccc(=O)n2C3)cc1)c1ccccc1[NH+]([O-])O. The van der Waals surface area contributed by atoms with E-state index in [2.05, 4.69) is 5.32 Å². The summed E-state index contributed by atoms with van der Waals surface area (Å²) in [6, 6.07) is 16.8. The molecule has 2 aliphatic heterocycles. The second-order valence-electron chi connectivity index (χ2n) is 8.85. The van der Waals surface area contributed by atoms with Crippen molar-refractivity contribution in [3.05, 3.63) is 93.5 Å². The molecule has 0 saturated carbocycles. The van der Waals surface area contributed by atoms with E-state index in [1.807, 2.05) is 6.07 Å². The average molecular weight is 497 g/mol. The predicted octanol–water partition coefficient (Wildman–Crippen LogP) is 1.31. The number of carbonyl (C=O) groups excluding carboxylic acids is 1. The summed E-state index contributed by atoms with van der Waals surface area (Å²) < 4.78 is 30.0. The summed E-state index contributed by atoms with van der Waals surface area (Å²) in [5.41, 5.74) is 1.04. The maximum absolute atomic E-state index is 13.4. The van der Waals surface area contributed by atoms with Crippen LogP contribution in [0.5, 0.6) is 0 Å². The van der Waals surface area contributed by atoms with E-state index in [1.165, 1.54) is 52.8 Å². The van der Waals surface area contributed by atoms with E-state index < -0.39 is 21.2 Å². The highest BCUT2D eigenvalue weighted by molar-refractivity contribution is 7.89. The normalized spacial score (nSPS) is 20.6. The summed E-state index contributed by atoms with van der Waals surface area (Å²) in [5.74, 6) is -0.584. The van der Waals surface area contributed by atoms with Crippen molar-refractivity contribution in [3.8, 4) is 0 Å². The van der Waals surface area contributed by atoms with Crippen LogP contribution in [0.2, 0.25) is 0 Å². The van der Waals surface area contributed by atoms with E-state index in [0.29, 0.717) is 25.3 Å². The van der Waals surface area contributed by atoms with Gasteiger partial charge >= 0.3 is 0 Å². The quantitative estimate of drug-likeness (QED) is 0.456. The molecule has 2 bridgehead atoms. The summed E-state index contributed by atoms with van der Waals surface area (Å²) in [7, 11) is -3.78. The number of carbonyl (C=O) groups is 1. The maximum Gasteiger partial charge on any atom is 0.261 e. The third-order valence-corrected chi connectivity index (χ3v) is 8.44. The van der Waals surface area contributed by atoms with Crippen molar-refractivity contribution in [2.24, 2.45) is 5.92 Å². The highest BCUT2D eigenvalue weighted by Crippen LogP contribution is 2.37. The zero-order valence-electron chi connectivity index (χ0n) is 18.6. The molecule has 10 nitrogen and oxygen atoms in total. The van der Waals surface area contributed by atoms with Crippen LogP contribution in [-0.2, 0) is 16.6 Å². The van der Waals surface area contributed by atoms with Crippen LogP contribution < -0.4 is 16.1 Å². The monoisotopic (exact) mass is 496 g/mol. The number of sulfonamides is 1. The second-order valence-corrected chi connectivity index (χ2v) is 10.8. The van der Waals surface area contributed by atoms with Crippen LogP contribution in [0.4, 0.5) is 11.4 Å². The Labute approximate surface area is 201 Å². The van der Waals surface area contributed by atoms with E-state index in [-0.39, 0.29) is 33.5 Å². The summed E-state index contributed by atoms with van der Waals surface area (Å²) in [5, 5.41) is 22.1. The van der Waals surface area contributed by atoms with Crippen molar-refractivity contribution in [3.63, 3.8) is 0 Å². The number of pyridine rings is 1. The van der Waals surface area contributed by atoms with E-state index in [1.54, 1.807) is 16.7 Å². The summed E-state index contributed by atoms with van der Waals surface area (Å²) in [4.78, 5) is 24.9. The van der Waals surface area contributed by atoms with Crippen LogP contribution in [-0.4, -0.2) is 41.5 Å². The average Bonchev–Trinajstić information content (AvgIpc) is 2.85. The van der Waals surface area contributed by atoms with Gasteiger partial charge < -0.3 is 15.1 Å². The van der Waals surface area contributed by atoms with Gasteiger partial charge in [0.15, 0.2) is 5.69 Å². The van der Waals surface area contributed by atoms with Gasteiger partial charge in [-0.3, -0.25) is 9.59 Å². The van der Waals surface area contributed by atoms with Gasteiger partial charge in [0.1, 0.15) is 5.56 Å². The summed E-state index contributed by atoms with van der Waals surface area (Å²) in [6.07, 6.45) is 0.845. The molecule has 1 saturated heterocycles. The Morgan fingerprint density at radius 1 is 1.00 bits per heavy atom. The van der Waals surface area contributed by atoms with Crippen molar-refractivity contribution in [1.29, 1.82) is 0 Å². The lowest BCUT2D eigenvalue weighted by atomic mass is 9.84. The van der Waals surface area contributed by atoms with Gasteiger partial charge in [0.2, 0.25) is 10.0 Å². The molecule has 2 aromatic carbocycles. The molecule has 3 atom stereocenters. The van der Waals surface area contributed by atoms with Gasteiger partial charge in [-0.05, 0) is 48.7 Å². The number of quaternary nitrogens is 1. The first-order chi connectivity index (χ1) is 16.7. The molecule has 5 rings (SSSR count). The molecule has 182 valence electrons. The fraction of sp³-hybridized carbons (Fsp3) is 0.250. The molecule has 1 aromatic heterocycles. The Balaban J connectivity index is 1.33. The Bertz CT molecular complexity index is 1430. The standard InChI is InChI=1S/C24H24N4O6S/c29-23-7-3-6-21-17-12-16(14-27(21)23)13-26(15-17)35(33,34)19-10-8-18(9-11-19)25-24(30)20-4-1-2-5-22(20)28(31)32/h1-11,16-17,28,31H,12-15H2,(H,25,30)/t16-,17-/m1/s1. The van der Waals surface area contributed by atoms with Gasteiger partial charge in [-0.15, -0.1) is 0 Å². The Hall–Kier alpha value is -3.35. The molecule has 1 amide bonds. The number of benzene rings is 2. The van der Waals surface area contributed by atoms with Crippen LogP contribution in [0.25, 0.3) is 0 Å². The molecular weight excluding hydrogens is 472 g/mol. The molecule has 2 aliphatic rings. The number of anilines is 1. The number of aromatic nitrogens is 1. The number of amides is 1. The number of nitrogens with one attached hydrogen (secondary N) is 2. The topological polar surface area (TPSA) is 136 Å². The molecule has 3 heterocycles. The minimum absolute atomic E-state index is 0.0101. The number of fused-ring (bicyclic) bond motifs is 4. The lowest BCUT2D eigenvalue weighted by Gasteiger charge is -2.42. The molecule has 0 radical (unpaired) electrons. The Morgan fingerprint density at radius 3 is 2.49 bits per heavy atom. The zero-order valence-corrected chi connectivity index (χ0v) is 19.4. The van der Waals surface area contributed by atoms with Gasteiger partial charge in [0.25, 0.3) is 11.5 Å². The number of nitrogens with zero attached hydrogens (tertiary/aromatic N) is 2. The van der Waals surface area contributed by atoms with Crippen LogP contribution >= 0.6 is 0 Å². The molecule has 11 heteroatoms. The predicted molar refractivity (Wildman–Crippen MR) is 127 cm³/mol. The van der Waals surface area contributed by atoms with Crippen LogP contribution in [0.1, 0.15) is 28.4 Å². The van der Waals surface area contributed by atoms with E-state index in [9.17, 15) is 28.4 Å². The Morgan fingerprint density at radius 2 is 1.74 bits per heavy atom. The van der Waals surface area contributed by atoms with Gasteiger partial charge in [0.05, 0.1) is 4.90 Å². The highest BCUT2D eigenvalue weighted by Gasteiger charge is 2.39. The molecule has 1 fully saturated rings. The van der Waals surface area contributed by atoms with Crippen molar-refractivity contribution in [1.82, 2.24) is 8.87 Å². The molecule has 0 spiro atoms. The minimum Gasteiger partial charge on any atom is -0.595 e. The van der Waals surface area contributed by atoms with Gasteiger partial charge in [0, 0.05) is 49.1 Å². The van der Waals surface area contributed by atoms with Crippen LogP contribution in [0.15, 0.2) is 76.4 Å². The van der Waals surface area contributed by atoms with Crippen molar-refractivity contribution in [2.45, 2.75) is 23.8 Å². The third kappa shape index (κ3) is 4.40. The number of piperidine rings is 1. The fourth-order valence-electron chi connectivity index (χ4n) is 4.97. The molecule has 3 N–H and O–H groups in total. The molecule has 1 unspecified atom stereocenters. The molecule has 35 heavy (non-hydrogen) atoms. The molecular formula is C24H24N4O6S. The number of hydrogen-bond acceptors (Lipinski definition) is 6. The summed E-state index contributed by atoms with van der Waals surface area (Å²) in [6.45, 7) is 1.14. The Kier molecular flexibility index (Phi) is 6.03.